The van der Waals surface area contributed by atoms with Crippen LogP contribution in [0.5, 0.6) is 5.75 Å². The molecule has 1 amide bonds. The Morgan fingerprint density at radius 3 is 2.62 bits per heavy atom. The summed E-state index contributed by atoms with van der Waals surface area (Å²) in [4.78, 5) is 16.1. The van der Waals surface area contributed by atoms with E-state index in [1.807, 2.05) is 50.2 Å². The summed E-state index contributed by atoms with van der Waals surface area (Å²) in [5, 5.41) is 3.70. The van der Waals surface area contributed by atoms with Crippen molar-refractivity contribution in [2.24, 2.45) is 0 Å². The number of nitrogens with zero attached hydrogens (tertiary/aromatic N) is 1. The first-order valence-electron chi connectivity index (χ1n) is 6.75. The van der Waals surface area contributed by atoms with Gasteiger partial charge in [-0.1, -0.05) is 17.8 Å². The lowest BCUT2D eigenvalue weighted by molar-refractivity contribution is -0.113. The summed E-state index contributed by atoms with van der Waals surface area (Å²) in [6, 6.07) is 11.3. The van der Waals surface area contributed by atoms with Crippen LogP contribution >= 0.6 is 11.8 Å². The molecule has 0 spiro atoms. The lowest BCUT2D eigenvalue weighted by Crippen LogP contribution is -2.14. The number of hydrogen-bond donors (Lipinski definition) is 1. The largest absolute Gasteiger partial charge is 0.494 e. The molecule has 0 bridgehead atoms. The molecule has 0 radical (unpaired) electrons. The zero-order valence-electron chi connectivity index (χ0n) is 12.1. The van der Waals surface area contributed by atoms with E-state index in [0.29, 0.717) is 12.4 Å². The molecule has 0 saturated carbocycles. The number of benzene rings is 1. The number of thioether (sulfide) groups is 1. The second-order valence-corrected chi connectivity index (χ2v) is 5.46. The van der Waals surface area contributed by atoms with E-state index in [2.05, 4.69) is 10.3 Å². The van der Waals surface area contributed by atoms with Crippen molar-refractivity contribution in [2.75, 3.05) is 17.7 Å². The molecule has 21 heavy (non-hydrogen) atoms. The van der Waals surface area contributed by atoms with Crippen molar-refractivity contribution in [3.05, 3.63) is 48.2 Å². The van der Waals surface area contributed by atoms with Crippen LogP contribution in [0.1, 0.15) is 12.5 Å². The van der Waals surface area contributed by atoms with E-state index in [0.717, 1.165) is 22.0 Å². The van der Waals surface area contributed by atoms with Crippen LogP contribution in [0.25, 0.3) is 0 Å². The number of carbonyl (C=O) groups is 1. The van der Waals surface area contributed by atoms with Gasteiger partial charge in [-0.2, -0.15) is 0 Å². The molecule has 5 heteroatoms. The summed E-state index contributed by atoms with van der Waals surface area (Å²) in [5.41, 5.74) is 1.87. The monoisotopic (exact) mass is 302 g/mol. The summed E-state index contributed by atoms with van der Waals surface area (Å²) in [5.74, 6) is 1.09. The second kappa shape index (κ2) is 7.69. The van der Waals surface area contributed by atoms with Gasteiger partial charge in [0.15, 0.2) is 0 Å². The molecule has 4 nitrogen and oxygen atoms in total. The number of pyridine rings is 1. The van der Waals surface area contributed by atoms with Crippen molar-refractivity contribution in [2.45, 2.75) is 18.9 Å². The lowest BCUT2D eigenvalue weighted by atomic mass is 10.3. The van der Waals surface area contributed by atoms with Crippen LogP contribution in [0, 0.1) is 6.92 Å². The number of rotatable bonds is 6. The van der Waals surface area contributed by atoms with Crippen LogP contribution in [0.3, 0.4) is 0 Å². The first kappa shape index (κ1) is 15.4. The van der Waals surface area contributed by atoms with Gasteiger partial charge in [0, 0.05) is 11.9 Å². The Labute approximate surface area is 128 Å². The van der Waals surface area contributed by atoms with Gasteiger partial charge < -0.3 is 10.1 Å². The van der Waals surface area contributed by atoms with Crippen LogP contribution in [0.4, 0.5) is 5.69 Å². The first-order valence-corrected chi connectivity index (χ1v) is 7.74. The molecule has 1 aromatic heterocycles. The maximum absolute atomic E-state index is 11.9. The topological polar surface area (TPSA) is 51.2 Å². The smallest absolute Gasteiger partial charge is 0.234 e. The SMILES string of the molecule is CCOc1ccc(NC(=O)CSc2ccc(C)cn2)cc1. The fourth-order valence-electron chi connectivity index (χ4n) is 1.68. The van der Waals surface area contributed by atoms with Crippen molar-refractivity contribution < 1.29 is 9.53 Å². The van der Waals surface area contributed by atoms with Crippen molar-refractivity contribution in [3.8, 4) is 5.75 Å². The fraction of sp³-hybridized carbons (Fsp3) is 0.250. The molecule has 0 aliphatic rings. The molecule has 0 aliphatic carbocycles. The van der Waals surface area contributed by atoms with Crippen LogP contribution in [-0.4, -0.2) is 23.3 Å². The molecule has 2 aromatic rings. The highest BCUT2D eigenvalue weighted by molar-refractivity contribution is 7.99. The summed E-state index contributed by atoms with van der Waals surface area (Å²) in [6.45, 7) is 4.55. The van der Waals surface area contributed by atoms with Crippen molar-refractivity contribution in [1.82, 2.24) is 4.98 Å². The van der Waals surface area contributed by atoms with Crippen LogP contribution < -0.4 is 10.1 Å². The highest BCUT2D eigenvalue weighted by Gasteiger charge is 2.04. The molecule has 0 unspecified atom stereocenters. The van der Waals surface area contributed by atoms with Crippen molar-refractivity contribution in [3.63, 3.8) is 0 Å². The number of aryl methyl sites for hydroxylation is 1. The molecular formula is C16H18N2O2S. The summed E-state index contributed by atoms with van der Waals surface area (Å²) < 4.78 is 5.36. The third-order valence-corrected chi connectivity index (χ3v) is 3.63. The number of ether oxygens (including phenoxy) is 1. The van der Waals surface area contributed by atoms with Crippen LogP contribution in [0.2, 0.25) is 0 Å². The molecule has 0 saturated heterocycles. The van der Waals surface area contributed by atoms with E-state index in [1.165, 1.54) is 11.8 Å². The Kier molecular flexibility index (Phi) is 5.63. The zero-order valence-corrected chi connectivity index (χ0v) is 12.9. The van der Waals surface area contributed by atoms with E-state index in [9.17, 15) is 4.79 Å². The van der Waals surface area contributed by atoms with Gasteiger partial charge in [0.2, 0.25) is 5.91 Å². The van der Waals surface area contributed by atoms with Gasteiger partial charge in [-0.05, 0) is 49.7 Å². The second-order valence-electron chi connectivity index (χ2n) is 4.47. The van der Waals surface area contributed by atoms with Crippen molar-refractivity contribution in [1.29, 1.82) is 0 Å². The maximum atomic E-state index is 11.9. The van der Waals surface area contributed by atoms with Crippen LogP contribution in [-0.2, 0) is 4.79 Å². The molecule has 1 N–H and O–H groups in total. The van der Waals surface area contributed by atoms with Gasteiger partial charge in [0.1, 0.15) is 5.75 Å². The van der Waals surface area contributed by atoms with Gasteiger partial charge in [0.25, 0.3) is 0 Å². The minimum atomic E-state index is -0.0495. The Morgan fingerprint density at radius 1 is 1.24 bits per heavy atom. The van der Waals surface area contributed by atoms with Gasteiger partial charge in [0.05, 0.1) is 17.4 Å². The third kappa shape index (κ3) is 5.11. The number of hydrogen-bond acceptors (Lipinski definition) is 4. The molecule has 110 valence electrons. The molecule has 0 fully saturated rings. The Hall–Kier alpha value is -2.01. The van der Waals surface area contributed by atoms with Gasteiger partial charge >= 0.3 is 0 Å². The fourth-order valence-corrected chi connectivity index (χ4v) is 2.32. The summed E-state index contributed by atoms with van der Waals surface area (Å²) >= 11 is 1.42. The van der Waals surface area contributed by atoms with Gasteiger partial charge in [-0.3, -0.25) is 4.79 Å². The Morgan fingerprint density at radius 2 is 2.00 bits per heavy atom. The molecule has 0 atom stereocenters. The quantitative estimate of drug-likeness (QED) is 0.830. The average Bonchev–Trinajstić information content (AvgIpc) is 2.49. The van der Waals surface area contributed by atoms with Gasteiger partial charge in [-0.15, -0.1) is 0 Å². The van der Waals surface area contributed by atoms with E-state index in [4.69, 9.17) is 4.74 Å². The predicted octanol–water partition coefficient (Wildman–Crippen LogP) is 3.52. The normalized spacial score (nSPS) is 10.2. The number of carbonyl (C=O) groups excluding carboxylic acids is 1. The highest BCUT2D eigenvalue weighted by Crippen LogP contribution is 2.18. The van der Waals surface area contributed by atoms with E-state index in [-0.39, 0.29) is 5.91 Å². The number of nitrogens with one attached hydrogen (secondary N) is 1. The molecular weight excluding hydrogens is 284 g/mol. The van der Waals surface area contributed by atoms with Crippen LogP contribution in [0.15, 0.2) is 47.6 Å². The maximum Gasteiger partial charge on any atom is 0.234 e. The van der Waals surface area contributed by atoms with E-state index >= 15 is 0 Å². The van der Waals surface area contributed by atoms with E-state index in [1.54, 1.807) is 6.20 Å². The van der Waals surface area contributed by atoms with E-state index < -0.39 is 0 Å². The predicted molar refractivity (Wildman–Crippen MR) is 85.9 cm³/mol. The molecule has 0 aliphatic heterocycles. The highest BCUT2D eigenvalue weighted by atomic mass is 32.2. The average molecular weight is 302 g/mol. The number of anilines is 1. The Bertz CT molecular complexity index is 582. The zero-order chi connectivity index (χ0) is 15.1. The minimum absolute atomic E-state index is 0.0495. The third-order valence-electron chi connectivity index (χ3n) is 2.68. The van der Waals surface area contributed by atoms with Crippen molar-refractivity contribution >= 4 is 23.4 Å². The minimum Gasteiger partial charge on any atom is -0.494 e. The summed E-state index contributed by atoms with van der Waals surface area (Å²) in [7, 11) is 0. The van der Waals surface area contributed by atoms with Gasteiger partial charge in [-0.25, -0.2) is 4.98 Å². The number of amides is 1. The first-order chi connectivity index (χ1) is 10.2. The number of aromatic nitrogens is 1. The molecule has 1 heterocycles. The Balaban J connectivity index is 1.82. The standard InChI is InChI=1S/C16H18N2O2S/c1-3-20-14-7-5-13(6-8-14)18-15(19)11-21-16-9-4-12(2)10-17-16/h4-10H,3,11H2,1-2H3,(H,18,19). The molecule has 2 rings (SSSR count). The summed E-state index contributed by atoms with van der Waals surface area (Å²) in [6.07, 6.45) is 1.80. The lowest BCUT2D eigenvalue weighted by Gasteiger charge is -2.07. The molecule has 1 aromatic carbocycles.